The molecule has 1 aliphatic carbocycles. The summed E-state index contributed by atoms with van der Waals surface area (Å²) < 4.78 is 0. The van der Waals surface area contributed by atoms with Crippen LogP contribution in [0.15, 0.2) is 24.3 Å². The van der Waals surface area contributed by atoms with Crippen LogP contribution in [0.5, 0.6) is 0 Å². The molecule has 1 aliphatic heterocycles. The van der Waals surface area contributed by atoms with Gasteiger partial charge < -0.3 is 4.90 Å². The summed E-state index contributed by atoms with van der Waals surface area (Å²) in [5, 5.41) is 0. The Morgan fingerprint density at radius 1 is 1.33 bits per heavy atom. The number of ketones is 1. The van der Waals surface area contributed by atoms with E-state index in [-0.39, 0.29) is 23.0 Å². The summed E-state index contributed by atoms with van der Waals surface area (Å²) >= 11 is 0. The topological polar surface area (TPSA) is 37.4 Å². The number of Topliss-reactive ketones (excluding diaryl/α,β-unsaturated/α-hetero) is 1. The third-order valence-corrected chi connectivity index (χ3v) is 4.14. The molecule has 1 saturated carbocycles. The van der Waals surface area contributed by atoms with E-state index in [1.54, 1.807) is 4.90 Å². The van der Waals surface area contributed by atoms with Gasteiger partial charge in [-0.3, -0.25) is 9.59 Å². The van der Waals surface area contributed by atoms with Gasteiger partial charge in [0.1, 0.15) is 0 Å². The van der Waals surface area contributed by atoms with Crippen LogP contribution >= 0.6 is 0 Å². The Morgan fingerprint density at radius 3 is 2.67 bits per heavy atom. The maximum Gasteiger partial charge on any atom is 0.230 e. The number of hydrogen-bond acceptors (Lipinski definition) is 2. The summed E-state index contributed by atoms with van der Waals surface area (Å²) in [5.74, 6) is 0.448. The molecule has 0 spiro atoms. The van der Waals surface area contributed by atoms with Crippen LogP contribution in [0.1, 0.15) is 37.0 Å². The van der Waals surface area contributed by atoms with Gasteiger partial charge in [0.2, 0.25) is 5.91 Å². The first-order valence-corrected chi connectivity index (χ1v) is 6.44. The van der Waals surface area contributed by atoms with Gasteiger partial charge in [0.05, 0.1) is 5.69 Å². The van der Waals surface area contributed by atoms with Crippen molar-refractivity contribution < 1.29 is 9.59 Å². The van der Waals surface area contributed by atoms with E-state index >= 15 is 0 Å². The van der Waals surface area contributed by atoms with Gasteiger partial charge >= 0.3 is 0 Å². The molecule has 0 saturated heterocycles. The molecular formula is C15H17NO2. The second kappa shape index (κ2) is 3.67. The van der Waals surface area contributed by atoms with Crippen LogP contribution in [-0.2, 0) is 4.79 Å². The zero-order chi connectivity index (χ0) is 12.9. The molecule has 1 fully saturated rings. The molecule has 3 rings (SSSR count). The fourth-order valence-corrected chi connectivity index (χ4v) is 2.72. The van der Waals surface area contributed by atoms with Crippen LogP contribution in [0.25, 0.3) is 0 Å². The average Bonchev–Trinajstić information content (AvgIpc) is 2.99. The lowest BCUT2D eigenvalue weighted by atomic mass is 9.99. The van der Waals surface area contributed by atoms with Crippen LogP contribution in [0.2, 0.25) is 0 Å². The molecular weight excluding hydrogens is 226 g/mol. The fraction of sp³-hybridized carbons (Fsp3) is 0.467. The number of anilines is 1. The van der Waals surface area contributed by atoms with Gasteiger partial charge in [-0.2, -0.15) is 0 Å². The lowest BCUT2D eigenvalue weighted by molar-refractivity contribution is -0.120. The Hall–Kier alpha value is -1.64. The third-order valence-electron chi connectivity index (χ3n) is 4.14. The first-order valence-electron chi connectivity index (χ1n) is 6.44. The number of amides is 1. The van der Waals surface area contributed by atoms with Crippen molar-refractivity contribution in [2.75, 3.05) is 11.4 Å². The van der Waals surface area contributed by atoms with E-state index in [1.165, 1.54) is 0 Å². The maximum atomic E-state index is 12.5. The van der Waals surface area contributed by atoms with Crippen LogP contribution in [0.4, 0.5) is 5.69 Å². The van der Waals surface area contributed by atoms with Crippen LogP contribution < -0.4 is 4.90 Å². The van der Waals surface area contributed by atoms with E-state index in [1.807, 2.05) is 24.3 Å². The Balaban J connectivity index is 1.93. The van der Waals surface area contributed by atoms with Crippen molar-refractivity contribution in [2.45, 2.75) is 26.7 Å². The van der Waals surface area contributed by atoms with E-state index in [9.17, 15) is 9.59 Å². The quantitative estimate of drug-likeness (QED) is 0.760. The molecule has 1 aromatic carbocycles. The zero-order valence-electron chi connectivity index (χ0n) is 10.8. The summed E-state index contributed by atoms with van der Waals surface area (Å²) in [6, 6.07) is 7.43. The van der Waals surface area contributed by atoms with Gasteiger partial charge in [-0.25, -0.2) is 0 Å². The minimum Gasteiger partial charge on any atom is -0.311 e. The predicted octanol–water partition coefficient (Wildman–Crippen LogP) is 2.65. The molecule has 3 nitrogen and oxygen atoms in total. The van der Waals surface area contributed by atoms with Gasteiger partial charge in [0.15, 0.2) is 5.78 Å². The minimum absolute atomic E-state index is 0.124. The molecule has 18 heavy (non-hydrogen) atoms. The van der Waals surface area contributed by atoms with E-state index in [2.05, 4.69) is 13.8 Å². The number of benzene rings is 1. The number of para-hydroxylation sites is 1. The Morgan fingerprint density at radius 2 is 2.00 bits per heavy atom. The SMILES string of the molecule is CC1(C)CC1C(=O)N1CCC(=O)c2ccccc21. The van der Waals surface area contributed by atoms with Gasteiger partial charge in [-0.15, -0.1) is 0 Å². The third kappa shape index (κ3) is 1.65. The van der Waals surface area contributed by atoms with Crippen molar-refractivity contribution >= 4 is 17.4 Å². The maximum absolute atomic E-state index is 12.5. The second-order valence-corrected chi connectivity index (χ2v) is 5.93. The van der Waals surface area contributed by atoms with Crippen molar-refractivity contribution in [3.8, 4) is 0 Å². The van der Waals surface area contributed by atoms with Gasteiger partial charge in [-0.1, -0.05) is 26.0 Å². The van der Waals surface area contributed by atoms with Crippen molar-refractivity contribution in [3.05, 3.63) is 29.8 Å². The highest BCUT2D eigenvalue weighted by Gasteiger charge is 2.52. The smallest absolute Gasteiger partial charge is 0.230 e. The van der Waals surface area contributed by atoms with Crippen LogP contribution in [-0.4, -0.2) is 18.2 Å². The Labute approximate surface area is 107 Å². The molecule has 94 valence electrons. The summed E-state index contributed by atoms with van der Waals surface area (Å²) in [7, 11) is 0. The normalized spacial score (nSPS) is 24.7. The van der Waals surface area contributed by atoms with Crippen LogP contribution in [0, 0.1) is 11.3 Å². The molecule has 0 aromatic heterocycles. The molecule has 1 amide bonds. The largest absolute Gasteiger partial charge is 0.311 e. The molecule has 1 aromatic rings. The first kappa shape index (κ1) is 11.5. The molecule has 1 atom stereocenters. The summed E-state index contributed by atoms with van der Waals surface area (Å²) in [5.41, 5.74) is 1.62. The number of fused-ring (bicyclic) bond motifs is 1. The summed E-state index contributed by atoms with van der Waals surface area (Å²) in [6.07, 6.45) is 1.40. The van der Waals surface area contributed by atoms with Crippen LogP contribution in [0.3, 0.4) is 0 Å². The standard InChI is InChI=1S/C15H17NO2/c1-15(2)9-11(15)14(18)16-8-7-13(17)10-5-3-4-6-12(10)16/h3-6,11H,7-9H2,1-2H3. The second-order valence-electron chi connectivity index (χ2n) is 5.93. The van der Waals surface area contributed by atoms with E-state index in [0.29, 0.717) is 18.5 Å². The van der Waals surface area contributed by atoms with E-state index in [4.69, 9.17) is 0 Å². The highest BCUT2D eigenvalue weighted by molar-refractivity contribution is 6.09. The minimum atomic E-state index is 0.124. The van der Waals surface area contributed by atoms with Crippen molar-refractivity contribution in [1.29, 1.82) is 0 Å². The van der Waals surface area contributed by atoms with Gasteiger partial charge in [0, 0.05) is 24.4 Å². The van der Waals surface area contributed by atoms with E-state index < -0.39 is 0 Å². The molecule has 1 heterocycles. The molecule has 0 bridgehead atoms. The lowest BCUT2D eigenvalue weighted by Gasteiger charge is -2.29. The first-order chi connectivity index (χ1) is 8.50. The highest BCUT2D eigenvalue weighted by Crippen LogP contribution is 2.53. The van der Waals surface area contributed by atoms with E-state index in [0.717, 1.165) is 12.1 Å². The number of carbonyl (C=O) groups excluding carboxylic acids is 2. The number of rotatable bonds is 1. The molecule has 1 unspecified atom stereocenters. The summed E-state index contributed by atoms with van der Waals surface area (Å²) in [6.45, 7) is 4.77. The zero-order valence-corrected chi connectivity index (χ0v) is 10.8. The van der Waals surface area contributed by atoms with Gasteiger partial charge in [-0.05, 0) is 24.0 Å². The molecule has 0 N–H and O–H groups in total. The van der Waals surface area contributed by atoms with Crippen molar-refractivity contribution in [3.63, 3.8) is 0 Å². The summed E-state index contributed by atoms with van der Waals surface area (Å²) in [4.78, 5) is 26.1. The lowest BCUT2D eigenvalue weighted by Crippen LogP contribution is -2.39. The number of nitrogens with zero attached hydrogens (tertiary/aromatic N) is 1. The fourth-order valence-electron chi connectivity index (χ4n) is 2.72. The van der Waals surface area contributed by atoms with Crippen molar-refractivity contribution in [1.82, 2.24) is 0 Å². The highest BCUT2D eigenvalue weighted by atomic mass is 16.2. The van der Waals surface area contributed by atoms with Crippen molar-refractivity contribution in [2.24, 2.45) is 11.3 Å². The number of carbonyl (C=O) groups is 2. The Kier molecular flexibility index (Phi) is 2.34. The Bertz CT molecular complexity index is 533. The monoisotopic (exact) mass is 243 g/mol. The average molecular weight is 243 g/mol. The van der Waals surface area contributed by atoms with Gasteiger partial charge in [0.25, 0.3) is 0 Å². The predicted molar refractivity (Wildman–Crippen MR) is 69.6 cm³/mol. The molecule has 3 heteroatoms. The molecule has 2 aliphatic rings. The number of hydrogen-bond donors (Lipinski definition) is 0. The molecule has 0 radical (unpaired) electrons.